The minimum atomic E-state index is -3.82. The van der Waals surface area contributed by atoms with Crippen LogP contribution in [0.2, 0.25) is 5.02 Å². The molecule has 0 saturated heterocycles. The van der Waals surface area contributed by atoms with Crippen molar-refractivity contribution in [2.75, 3.05) is 18.4 Å². The number of hydrogen-bond donors (Lipinski definition) is 1. The summed E-state index contributed by atoms with van der Waals surface area (Å²) in [5, 5.41) is 0.407. The molecule has 0 spiro atoms. The summed E-state index contributed by atoms with van der Waals surface area (Å²) in [6.07, 6.45) is 0. The zero-order chi connectivity index (χ0) is 22.5. The molecule has 0 saturated carbocycles. The van der Waals surface area contributed by atoms with Gasteiger partial charge in [-0.25, -0.2) is 13.2 Å². The van der Waals surface area contributed by atoms with E-state index < -0.39 is 21.6 Å². The van der Waals surface area contributed by atoms with Crippen molar-refractivity contribution in [3.8, 4) is 11.8 Å². The van der Waals surface area contributed by atoms with Crippen molar-refractivity contribution in [1.29, 1.82) is 0 Å². The fourth-order valence-corrected chi connectivity index (χ4v) is 4.09. The predicted octanol–water partition coefficient (Wildman–Crippen LogP) is 4.08. The molecule has 0 heterocycles. The molecule has 0 unspecified atom stereocenters. The van der Waals surface area contributed by atoms with Crippen LogP contribution in [-0.2, 0) is 24.3 Å². The van der Waals surface area contributed by atoms with Crippen LogP contribution in [0.4, 0.5) is 5.69 Å². The van der Waals surface area contributed by atoms with Gasteiger partial charge in [-0.05, 0) is 69.2 Å². The lowest BCUT2D eigenvalue weighted by atomic mass is 10.1. The van der Waals surface area contributed by atoms with E-state index in [4.69, 9.17) is 16.3 Å². The van der Waals surface area contributed by atoms with Crippen molar-refractivity contribution in [3.63, 3.8) is 0 Å². The molecule has 0 amide bonds. The number of rotatable bonds is 6. The number of nitrogens with one attached hydrogen (secondary N) is 1. The third kappa shape index (κ3) is 6.23. The summed E-state index contributed by atoms with van der Waals surface area (Å²) < 4.78 is 38.4. The number of benzene rings is 2. The summed E-state index contributed by atoms with van der Waals surface area (Å²) in [5.74, 6) is 5.10. The minimum absolute atomic E-state index is 0.0577. The van der Waals surface area contributed by atoms with Gasteiger partial charge in [0.2, 0.25) is 0 Å². The van der Waals surface area contributed by atoms with Crippen LogP contribution in [0.15, 0.2) is 41.3 Å². The first-order valence-corrected chi connectivity index (χ1v) is 10.9. The van der Waals surface area contributed by atoms with E-state index in [0.29, 0.717) is 16.3 Å². The Morgan fingerprint density at radius 2 is 1.77 bits per heavy atom. The number of ether oxygens (including phenoxy) is 2. The first kappa shape index (κ1) is 23.7. The molecule has 0 bridgehead atoms. The summed E-state index contributed by atoms with van der Waals surface area (Å²) in [7, 11) is -2.54. The number of methoxy groups -OCH3 is 1. The van der Waals surface area contributed by atoms with E-state index >= 15 is 0 Å². The van der Waals surface area contributed by atoms with Gasteiger partial charge in [0.05, 0.1) is 23.3 Å². The maximum atomic E-state index is 12.8. The number of carbonyl (C=O) groups excluding carboxylic acids is 1. The Labute approximate surface area is 182 Å². The van der Waals surface area contributed by atoms with E-state index in [-0.39, 0.29) is 11.5 Å². The van der Waals surface area contributed by atoms with Gasteiger partial charge < -0.3 is 9.47 Å². The van der Waals surface area contributed by atoms with E-state index in [2.05, 4.69) is 21.3 Å². The quantitative estimate of drug-likeness (QED) is 0.530. The number of hydrogen-bond acceptors (Lipinski definition) is 5. The highest BCUT2D eigenvalue weighted by Gasteiger charge is 2.29. The Kier molecular flexibility index (Phi) is 7.54. The number of carbonyl (C=O) groups is 1. The summed E-state index contributed by atoms with van der Waals surface area (Å²) in [5.41, 5.74) is 1.22. The SMILES string of the molecule is COC(=O)C(C)(C)OCC#Cc1cc(Cl)ccc1NS(=O)(=O)c1cc(C)cc(C)c1. The lowest BCUT2D eigenvalue weighted by molar-refractivity contribution is -0.163. The minimum Gasteiger partial charge on any atom is -0.467 e. The molecule has 2 aromatic carbocycles. The van der Waals surface area contributed by atoms with Crippen LogP contribution in [0.1, 0.15) is 30.5 Å². The fraction of sp³-hybridized carbons (Fsp3) is 0.318. The normalized spacial score (nSPS) is 11.4. The second-order valence-electron chi connectivity index (χ2n) is 7.21. The van der Waals surface area contributed by atoms with E-state index in [1.807, 2.05) is 19.9 Å². The molecule has 30 heavy (non-hydrogen) atoms. The maximum absolute atomic E-state index is 12.8. The van der Waals surface area contributed by atoms with E-state index in [0.717, 1.165) is 11.1 Å². The van der Waals surface area contributed by atoms with Crippen LogP contribution in [0.25, 0.3) is 0 Å². The van der Waals surface area contributed by atoms with Gasteiger partial charge in [0.1, 0.15) is 6.61 Å². The third-order valence-corrected chi connectivity index (χ3v) is 5.72. The van der Waals surface area contributed by atoms with Gasteiger partial charge in [0, 0.05) is 5.02 Å². The van der Waals surface area contributed by atoms with Gasteiger partial charge in [-0.3, -0.25) is 4.72 Å². The molecule has 0 radical (unpaired) electrons. The maximum Gasteiger partial charge on any atom is 0.337 e. The van der Waals surface area contributed by atoms with Gasteiger partial charge in [-0.2, -0.15) is 0 Å². The van der Waals surface area contributed by atoms with Crippen LogP contribution < -0.4 is 4.72 Å². The van der Waals surface area contributed by atoms with Crippen LogP contribution in [0, 0.1) is 25.7 Å². The standard InChI is InChI=1S/C22H24ClNO5S/c1-15-11-16(2)13-19(12-15)30(26,27)24-20-9-8-18(23)14-17(20)7-6-10-29-22(3,4)21(25)28-5/h8-9,11-14,24H,10H2,1-5H3. The molecule has 8 heteroatoms. The van der Waals surface area contributed by atoms with Gasteiger partial charge in [-0.15, -0.1) is 0 Å². The van der Waals surface area contributed by atoms with Crippen molar-refractivity contribution in [1.82, 2.24) is 0 Å². The molecular formula is C22H24ClNO5S. The van der Waals surface area contributed by atoms with E-state index in [1.54, 1.807) is 44.2 Å². The highest BCUT2D eigenvalue weighted by Crippen LogP contribution is 2.24. The Hall–Kier alpha value is -2.53. The van der Waals surface area contributed by atoms with Crippen molar-refractivity contribution in [2.45, 2.75) is 38.2 Å². The largest absolute Gasteiger partial charge is 0.467 e. The summed E-state index contributed by atoms with van der Waals surface area (Å²) >= 11 is 6.05. The van der Waals surface area contributed by atoms with Gasteiger partial charge in [0.15, 0.2) is 5.60 Å². The molecular weight excluding hydrogens is 426 g/mol. The Balaban J connectivity index is 2.27. The molecule has 0 fully saturated rings. The van der Waals surface area contributed by atoms with Crippen LogP contribution >= 0.6 is 11.6 Å². The van der Waals surface area contributed by atoms with Crippen LogP contribution in [0.3, 0.4) is 0 Å². The molecule has 0 aromatic heterocycles. The Bertz CT molecular complexity index is 1090. The average Bonchev–Trinajstić information content (AvgIpc) is 2.65. The average molecular weight is 450 g/mol. The Morgan fingerprint density at radius 1 is 1.13 bits per heavy atom. The molecule has 1 N–H and O–H groups in total. The molecule has 6 nitrogen and oxygen atoms in total. The summed E-state index contributed by atoms with van der Waals surface area (Å²) in [6.45, 7) is 6.76. The topological polar surface area (TPSA) is 81.7 Å². The fourth-order valence-electron chi connectivity index (χ4n) is 2.65. The number of halogens is 1. The lowest BCUT2D eigenvalue weighted by Crippen LogP contribution is -2.36. The molecule has 0 aliphatic rings. The second kappa shape index (κ2) is 9.52. The molecule has 2 rings (SSSR count). The van der Waals surface area contributed by atoms with E-state index in [9.17, 15) is 13.2 Å². The number of anilines is 1. The Morgan fingerprint density at radius 3 is 2.37 bits per heavy atom. The van der Waals surface area contributed by atoms with Crippen molar-refractivity contribution >= 4 is 33.3 Å². The molecule has 0 aliphatic carbocycles. The van der Waals surface area contributed by atoms with E-state index in [1.165, 1.54) is 7.11 Å². The van der Waals surface area contributed by atoms with Crippen LogP contribution in [0.5, 0.6) is 0 Å². The highest BCUT2D eigenvalue weighted by molar-refractivity contribution is 7.92. The molecule has 0 aliphatic heterocycles. The monoisotopic (exact) mass is 449 g/mol. The van der Waals surface area contributed by atoms with Crippen molar-refractivity contribution in [3.05, 3.63) is 58.1 Å². The van der Waals surface area contributed by atoms with Gasteiger partial charge >= 0.3 is 5.97 Å². The smallest absolute Gasteiger partial charge is 0.337 e. The van der Waals surface area contributed by atoms with Gasteiger partial charge in [-0.1, -0.05) is 29.5 Å². The lowest BCUT2D eigenvalue weighted by Gasteiger charge is -2.20. The summed E-state index contributed by atoms with van der Waals surface area (Å²) in [4.78, 5) is 11.8. The number of esters is 1. The predicted molar refractivity (Wildman–Crippen MR) is 117 cm³/mol. The summed E-state index contributed by atoms with van der Waals surface area (Å²) in [6, 6.07) is 9.76. The molecule has 2 aromatic rings. The second-order valence-corrected chi connectivity index (χ2v) is 9.33. The third-order valence-electron chi connectivity index (χ3n) is 4.14. The zero-order valence-corrected chi connectivity index (χ0v) is 19.1. The van der Waals surface area contributed by atoms with Crippen LogP contribution in [-0.4, -0.2) is 33.7 Å². The van der Waals surface area contributed by atoms with Crippen molar-refractivity contribution in [2.24, 2.45) is 0 Å². The number of sulfonamides is 1. The molecule has 0 atom stereocenters. The molecule has 160 valence electrons. The highest BCUT2D eigenvalue weighted by atomic mass is 35.5. The van der Waals surface area contributed by atoms with Crippen molar-refractivity contribution < 1.29 is 22.7 Å². The number of aryl methyl sites for hydroxylation is 2. The first-order chi connectivity index (χ1) is 13.9. The first-order valence-electron chi connectivity index (χ1n) is 9.06. The van der Waals surface area contributed by atoms with Gasteiger partial charge in [0.25, 0.3) is 10.0 Å². The zero-order valence-electron chi connectivity index (χ0n) is 17.5.